The van der Waals surface area contributed by atoms with E-state index in [9.17, 15) is 14.7 Å². The maximum Gasteiger partial charge on any atom is 0.337 e. The number of carbonyl (C=O) groups excluding carboxylic acids is 2. The number of nitriles is 1. The van der Waals surface area contributed by atoms with Gasteiger partial charge in [0, 0.05) is 5.70 Å². The second-order valence-corrected chi connectivity index (χ2v) is 10.6. The molecule has 1 aliphatic heterocycles. The second-order valence-electron chi connectivity index (χ2n) is 9.70. The van der Waals surface area contributed by atoms with Gasteiger partial charge in [0.1, 0.15) is 19.0 Å². The molecule has 0 aromatic heterocycles. The maximum absolute atomic E-state index is 12.4. The largest absolute Gasteiger partial charge is 0.490 e. The van der Waals surface area contributed by atoms with Crippen LogP contribution in [0.5, 0.6) is 17.2 Å². The summed E-state index contributed by atoms with van der Waals surface area (Å²) in [5, 5.41) is 28.8. The third kappa shape index (κ3) is 8.75. The second kappa shape index (κ2) is 15.6. The van der Waals surface area contributed by atoms with Gasteiger partial charge in [0.15, 0.2) is 17.7 Å². The number of ether oxygens (including phenoxy) is 4. The highest BCUT2D eigenvalue weighted by atomic mass is 79.9. The molecule has 2 atom stereocenters. The van der Waals surface area contributed by atoms with Gasteiger partial charge < -0.3 is 34.7 Å². The average molecular weight is 679 g/mol. The SMILES string of the molecule is CCOc1cc([C@H]2NC(=O)NC(C)=C2C(=O)OC)ccc1OC[C@@H](O)N/N=C/c1ccc(OCc2ccc(C#N)cc2)c(Br)c1. The highest BCUT2D eigenvalue weighted by Crippen LogP contribution is 2.35. The first-order valence-electron chi connectivity index (χ1n) is 13.9. The van der Waals surface area contributed by atoms with E-state index in [4.69, 9.17) is 24.2 Å². The smallest absolute Gasteiger partial charge is 0.337 e. The van der Waals surface area contributed by atoms with Crippen LogP contribution in [0.1, 0.15) is 42.1 Å². The Bertz CT molecular complexity index is 1640. The normalized spacial score (nSPS) is 15.0. The first-order chi connectivity index (χ1) is 21.7. The van der Waals surface area contributed by atoms with E-state index in [0.717, 1.165) is 15.6 Å². The summed E-state index contributed by atoms with van der Waals surface area (Å²) in [6.07, 6.45) is 0.398. The van der Waals surface area contributed by atoms with Crippen LogP contribution in [0.4, 0.5) is 4.79 Å². The first kappa shape index (κ1) is 32.8. The number of amides is 2. The minimum Gasteiger partial charge on any atom is -0.490 e. The minimum atomic E-state index is -1.14. The molecular weight excluding hydrogens is 646 g/mol. The Labute approximate surface area is 268 Å². The molecule has 45 heavy (non-hydrogen) atoms. The maximum atomic E-state index is 12.4. The molecule has 0 saturated carbocycles. The van der Waals surface area contributed by atoms with E-state index in [0.29, 0.717) is 47.3 Å². The van der Waals surface area contributed by atoms with E-state index in [2.05, 4.69) is 43.2 Å². The minimum absolute atomic E-state index is 0.154. The van der Waals surface area contributed by atoms with Crippen molar-refractivity contribution < 1.29 is 33.6 Å². The highest BCUT2D eigenvalue weighted by Gasteiger charge is 2.32. The number of hydrazone groups is 1. The molecule has 0 aliphatic carbocycles. The molecule has 2 amide bonds. The number of carbonyl (C=O) groups is 2. The van der Waals surface area contributed by atoms with Crippen molar-refractivity contribution in [1.82, 2.24) is 16.1 Å². The van der Waals surface area contributed by atoms with Gasteiger partial charge in [0.05, 0.1) is 47.7 Å². The van der Waals surface area contributed by atoms with Gasteiger partial charge in [-0.15, -0.1) is 0 Å². The molecule has 3 aromatic rings. The summed E-state index contributed by atoms with van der Waals surface area (Å²) in [6, 6.07) is 18.5. The lowest BCUT2D eigenvalue weighted by atomic mass is 9.95. The van der Waals surface area contributed by atoms with Crippen LogP contribution < -0.4 is 30.3 Å². The molecule has 4 rings (SSSR count). The molecule has 1 heterocycles. The van der Waals surface area contributed by atoms with Gasteiger partial charge in [0.2, 0.25) is 0 Å². The third-order valence-corrected chi connectivity index (χ3v) is 7.16. The summed E-state index contributed by atoms with van der Waals surface area (Å²) in [5.41, 5.74) is 6.14. The highest BCUT2D eigenvalue weighted by molar-refractivity contribution is 9.10. The van der Waals surface area contributed by atoms with Crippen LogP contribution in [0, 0.1) is 11.3 Å². The number of hydrogen-bond acceptors (Lipinski definition) is 10. The number of benzene rings is 3. The summed E-state index contributed by atoms with van der Waals surface area (Å²) in [4.78, 5) is 24.6. The van der Waals surface area contributed by atoms with Crippen molar-refractivity contribution in [2.75, 3.05) is 20.3 Å². The number of rotatable bonds is 13. The lowest BCUT2D eigenvalue weighted by Gasteiger charge is -2.28. The van der Waals surface area contributed by atoms with Crippen LogP contribution in [-0.2, 0) is 16.1 Å². The molecule has 13 heteroatoms. The van der Waals surface area contributed by atoms with Crippen LogP contribution in [0.2, 0.25) is 0 Å². The number of esters is 1. The Morgan fingerprint density at radius 2 is 1.87 bits per heavy atom. The number of hydrogen-bond donors (Lipinski definition) is 4. The number of methoxy groups -OCH3 is 1. The predicted octanol–water partition coefficient (Wildman–Crippen LogP) is 4.42. The Balaban J connectivity index is 1.34. The molecule has 3 aromatic carbocycles. The molecule has 234 valence electrons. The number of allylic oxidation sites excluding steroid dienone is 1. The van der Waals surface area contributed by atoms with Crippen molar-refractivity contribution in [3.63, 3.8) is 0 Å². The Morgan fingerprint density at radius 1 is 1.11 bits per heavy atom. The molecule has 0 radical (unpaired) electrons. The number of aliphatic hydroxyl groups excluding tert-OH is 1. The summed E-state index contributed by atoms with van der Waals surface area (Å²) in [5.74, 6) is 0.789. The molecule has 4 N–H and O–H groups in total. The van der Waals surface area contributed by atoms with Crippen LogP contribution in [0.3, 0.4) is 0 Å². The topological polar surface area (TPSA) is 164 Å². The summed E-state index contributed by atoms with van der Waals surface area (Å²) in [7, 11) is 1.27. The fourth-order valence-electron chi connectivity index (χ4n) is 4.37. The van der Waals surface area contributed by atoms with Crippen molar-refractivity contribution in [2.24, 2.45) is 5.10 Å². The van der Waals surface area contributed by atoms with Gasteiger partial charge >= 0.3 is 12.0 Å². The molecule has 1 aliphatic rings. The number of halogens is 1. The van der Waals surface area contributed by atoms with Crippen LogP contribution >= 0.6 is 15.9 Å². The Hall–Kier alpha value is -5.06. The fraction of sp³-hybridized carbons (Fsp3) is 0.250. The Morgan fingerprint density at radius 3 is 2.56 bits per heavy atom. The summed E-state index contributed by atoms with van der Waals surface area (Å²) in [6.45, 7) is 3.96. The van der Waals surface area contributed by atoms with Crippen molar-refractivity contribution in [3.05, 3.63) is 98.7 Å². The fourth-order valence-corrected chi connectivity index (χ4v) is 4.88. The molecule has 0 spiro atoms. The molecule has 0 bridgehead atoms. The van der Waals surface area contributed by atoms with E-state index >= 15 is 0 Å². The lowest BCUT2D eigenvalue weighted by molar-refractivity contribution is -0.136. The van der Waals surface area contributed by atoms with Gasteiger partial charge in [0.25, 0.3) is 0 Å². The van der Waals surface area contributed by atoms with E-state index in [1.54, 1.807) is 49.5 Å². The van der Waals surface area contributed by atoms with Gasteiger partial charge in [-0.1, -0.05) is 18.2 Å². The van der Waals surface area contributed by atoms with Crippen molar-refractivity contribution in [2.45, 2.75) is 32.7 Å². The van der Waals surface area contributed by atoms with Crippen molar-refractivity contribution >= 4 is 34.1 Å². The molecule has 0 unspecified atom stereocenters. The average Bonchev–Trinajstić information content (AvgIpc) is 3.03. The third-order valence-electron chi connectivity index (χ3n) is 6.54. The van der Waals surface area contributed by atoms with Crippen LogP contribution in [0.25, 0.3) is 0 Å². The number of urea groups is 1. The summed E-state index contributed by atoms with van der Waals surface area (Å²) < 4.78 is 23.0. The number of aliphatic hydroxyl groups is 1. The zero-order valence-electron chi connectivity index (χ0n) is 24.8. The molecule has 0 saturated heterocycles. The van der Waals surface area contributed by atoms with Gasteiger partial charge in [-0.25, -0.2) is 9.59 Å². The predicted molar refractivity (Wildman–Crippen MR) is 169 cm³/mol. The molecular formula is C32H32BrN5O7. The first-order valence-corrected chi connectivity index (χ1v) is 14.7. The van der Waals surface area contributed by atoms with E-state index < -0.39 is 24.3 Å². The van der Waals surface area contributed by atoms with Crippen molar-refractivity contribution in [1.29, 1.82) is 5.26 Å². The Kier molecular flexibility index (Phi) is 11.4. The van der Waals surface area contributed by atoms with Crippen LogP contribution in [-0.4, -0.2) is 49.9 Å². The van der Waals surface area contributed by atoms with E-state index in [-0.39, 0.29) is 12.2 Å². The van der Waals surface area contributed by atoms with E-state index in [1.165, 1.54) is 7.11 Å². The lowest BCUT2D eigenvalue weighted by Crippen LogP contribution is -2.45. The molecule has 12 nitrogen and oxygen atoms in total. The van der Waals surface area contributed by atoms with Gasteiger partial charge in [-0.3, -0.25) is 5.43 Å². The van der Waals surface area contributed by atoms with Gasteiger partial charge in [-0.05, 0) is 88.9 Å². The monoisotopic (exact) mass is 677 g/mol. The quantitative estimate of drug-likeness (QED) is 0.0887. The summed E-state index contributed by atoms with van der Waals surface area (Å²) >= 11 is 3.50. The number of nitrogens with zero attached hydrogens (tertiary/aromatic N) is 2. The van der Waals surface area contributed by atoms with Crippen LogP contribution in [0.15, 0.2) is 81.5 Å². The zero-order chi connectivity index (χ0) is 32.3. The van der Waals surface area contributed by atoms with E-state index in [1.807, 2.05) is 31.2 Å². The van der Waals surface area contributed by atoms with Gasteiger partial charge in [-0.2, -0.15) is 10.4 Å². The zero-order valence-corrected chi connectivity index (χ0v) is 26.4. The number of nitrogens with one attached hydrogen (secondary N) is 3. The van der Waals surface area contributed by atoms with Crippen molar-refractivity contribution in [3.8, 4) is 23.3 Å². The standard InChI is InChI=1S/C32H32BrN5O7/c1-4-43-27-14-23(30-29(31(40)42-3)19(2)36-32(41)37-30)10-12-26(27)45-18-28(39)38-35-16-22-9-11-25(24(33)13-22)44-17-21-7-5-20(15-34)6-8-21/h5-14,16,28,30,38-39H,4,17-18H2,1-3H3,(H2,36,37,41)/b35-16+/t28-,30-/m1/s1. The molecule has 0 fully saturated rings.